The smallest absolute Gasteiger partial charge is 0.261 e. The first-order valence-electron chi connectivity index (χ1n) is 7.88. The van der Waals surface area contributed by atoms with Crippen LogP contribution in [0.25, 0.3) is 10.9 Å². The molecule has 2 N–H and O–H groups in total. The molecule has 1 heterocycles. The Labute approximate surface area is 147 Å². The number of anilines is 1. The van der Waals surface area contributed by atoms with Crippen molar-refractivity contribution in [1.29, 1.82) is 0 Å². The first-order chi connectivity index (χ1) is 11.7. The Bertz CT molecular complexity index is 1020. The van der Waals surface area contributed by atoms with E-state index in [0.29, 0.717) is 16.6 Å². The van der Waals surface area contributed by atoms with Crippen molar-refractivity contribution in [2.24, 2.45) is 0 Å². The second-order valence-electron chi connectivity index (χ2n) is 6.91. The van der Waals surface area contributed by atoms with Gasteiger partial charge >= 0.3 is 0 Å². The molecule has 0 atom stereocenters. The molecule has 3 aromatic rings. The van der Waals surface area contributed by atoms with Gasteiger partial charge in [-0.1, -0.05) is 32.9 Å². The summed E-state index contributed by atoms with van der Waals surface area (Å²) in [7, 11) is -3.74. The van der Waals surface area contributed by atoms with Crippen LogP contribution in [0, 0.1) is 0 Å². The maximum atomic E-state index is 12.7. The number of phenols is 1. The molecule has 0 unspecified atom stereocenters. The van der Waals surface area contributed by atoms with Crippen molar-refractivity contribution < 1.29 is 13.5 Å². The fourth-order valence-corrected chi connectivity index (χ4v) is 3.66. The second kappa shape index (κ2) is 6.04. The molecule has 0 saturated heterocycles. The fourth-order valence-electron chi connectivity index (χ4n) is 2.58. The number of nitrogens with zero attached hydrogens (tertiary/aromatic N) is 1. The van der Waals surface area contributed by atoms with E-state index >= 15 is 0 Å². The largest absolute Gasteiger partial charge is 0.506 e. The second-order valence-corrected chi connectivity index (χ2v) is 8.59. The van der Waals surface area contributed by atoms with Gasteiger partial charge in [0, 0.05) is 11.6 Å². The first-order valence-corrected chi connectivity index (χ1v) is 9.37. The standard InChI is InChI=1S/C19H20N2O3S/c1-19(2,3)13-6-8-14(9-7-13)25(23,24)21-16-10-11-17(22)18-15(16)5-4-12-20-18/h4-12,21-22H,1-3H3. The van der Waals surface area contributed by atoms with E-state index < -0.39 is 10.0 Å². The molecular weight excluding hydrogens is 336 g/mol. The number of aromatic nitrogens is 1. The summed E-state index contributed by atoms with van der Waals surface area (Å²) in [4.78, 5) is 4.28. The van der Waals surface area contributed by atoms with Crippen LogP contribution in [0.5, 0.6) is 5.75 Å². The minimum atomic E-state index is -3.74. The summed E-state index contributed by atoms with van der Waals surface area (Å²) in [6, 6.07) is 13.2. The van der Waals surface area contributed by atoms with Crippen LogP contribution in [-0.4, -0.2) is 18.5 Å². The Kier molecular flexibility index (Phi) is 4.16. The van der Waals surface area contributed by atoms with Crippen LogP contribution < -0.4 is 4.72 Å². The number of hydrogen-bond acceptors (Lipinski definition) is 4. The van der Waals surface area contributed by atoms with E-state index in [-0.39, 0.29) is 16.1 Å². The molecule has 0 radical (unpaired) electrons. The predicted molar refractivity (Wildman–Crippen MR) is 99.4 cm³/mol. The molecule has 3 rings (SSSR count). The SMILES string of the molecule is CC(C)(C)c1ccc(S(=O)(=O)Nc2ccc(O)c3ncccc23)cc1. The van der Waals surface area contributed by atoms with E-state index in [2.05, 4.69) is 30.5 Å². The lowest BCUT2D eigenvalue weighted by atomic mass is 9.87. The molecular formula is C19H20N2O3S. The molecule has 0 fully saturated rings. The Hall–Kier alpha value is -2.60. The summed E-state index contributed by atoms with van der Waals surface area (Å²) in [5, 5.41) is 10.4. The van der Waals surface area contributed by atoms with Gasteiger partial charge in [-0.3, -0.25) is 9.71 Å². The van der Waals surface area contributed by atoms with Crippen LogP contribution in [0.1, 0.15) is 26.3 Å². The van der Waals surface area contributed by atoms with Crippen LogP contribution in [-0.2, 0) is 15.4 Å². The van der Waals surface area contributed by atoms with E-state index in [9.17, 15) is 13.5 Å². The van der Waals surface area contributed by atoms with Gasteiger partial charge in [0.15, 0.2) is 0 Å². The highest BCUT2D eigenvalue weighted by atomic mass is 32.2. The molecule has 5 nitrogen and oxygen atoms in total. The van der Waals surface area contributed by atoms with Gasteiger partial charge in [-0.25, -0.2) is 8.42 Å². The zero-order valence-electron chi connectivity index (χ0n) is 14.3. The van der Waals surface area contributed by atoms with Gasteiger partial charge < -0.3 is 5.11 Å². The average molecular weight is 356 g/mol. The van der Waals surface area contributed by atoms with Crippen LogP contribution in [0.15, 0.2) is 59.6 Å². The summed E-state index contributed by atoms with van der Waals surface area (Å²) >= 11 is 0. The molecule has 0 aliphatic heterocycles. The highest BCUT2D eigenvalue weighted by molar-refractivity contribution is 7.92. The normalized spacial score (nSPS) is 12.3. The van der Waals surface area contributed by atoms with E-state index in [1.165, 1.54) is 12.1 Å². The molecule has 130 valence electrons. The Morgan fingerprint density at radius 3 is 2.32 bits per heavy atom. The van der Waals surface area contributed by atoms with Gasteiger partial charge in [0.25, 0.3) is 10.0 Å². The number of sulfonamides is 1. The average Bonchev–Trinajstić information content (AvgIpc) is 2.57. The molecule has 0 saturated carbocycles. The fraction of sp³-hybridized carbons (Fsp3) is 0.211. The number of hydrogen-bond donors (Lipinski definition) is 2. The van der Waals surface area contributed by atoms with E-state index in [1.54, 1.807) is 30.5 Å². The monoisotopic (exact) mass is 356 g/mol. The highest BCUT2D eigenvalue weighted by Crippen LogP contribution is 2.31. The van der Waals surface area contributed by atoms with Crippen molar-refractivity contribution in [2.75, 3.05) is 4.72 Å². The highest BCUT2D eigenvalue weighted by Gasteiger charge is 2.19. The lowest BCUT2D eigenvalue weighted by Crippen LogP contribution is -2.15. The Morgan fingerprint density at radius 1 is 1.00 bits per heavy atom. The van der Waals surface area contributed by atoms with Crippen LogP contribution in [0.3, 0.4) is 0 Å². The number of aromatic hydroxyl groups is 1. The summed E-state index contributed by atoms with van der Waals surface area (Å²) in [6.45, 7) is 6.22. The van der Waals surface area contributed by atoms with Crippen LogP contribution in [0.2, 0.25) is 0 Å². The topological polar surface area (TPSA) is 79.3 Å². The van der Waals surface area contributed by atoms with Crippen molar-refractivity contribution in [3.63, 3.8) is 0 Å². The molecule has 2 aromatic carbocycles. The Balaban J connectivity index is 1.99. The van der Waals surface area contributed by atoms with Gasteiger partial charge in [-0.05, 0) is 47.4 Å². The molecule has 1 aromatic heterocycles. The molecule has 0 aliphatic carbocycles. The molecule has 0 spiro atoms. The molecule has 0 bridgehead atoms. The number of pyridine rings is 1. The number of fused-ring (bicyclic) bond motifs is 1. The van der Waals surface area contributed by atoms with Crippen molar-refractivity contribution in [3.8, 4) is 5.75 Å². The van der Waals surface area contributed by atoms with Crippen molar-refractivity contribution in [3.05, 3.63) is 60.3 Å². The predicted octanol–water partition coefficient (Wildman–Crippen LogP) is 4.04. The summed E-state index contributed by atoms with van der Waals surface area (Å²) < 4.78 is 28.0. The maximum Gasteiger partial charge on any atom is 0.261 e. The van der Waals surface area contributed by atoms with Crippen molar-refractivity contribution in [1.82, 2.24) is 4.98 Å². The Morgan fingerprint density at radius 2 is 1.68 bits per heavy atom. The van der Waals surface area contributed by atoms with Gasteiger partial charge in [0.2, 0.25) is 0 Å². The minimum absolute atomic E-state index is 0.00748. The molecule has 6 heteroatoms. The summed E-state index contributed by atoms with van der Waals surface area (Å²) in [6.07, 6.45) is 1.55. The lowest BCUT2D eigenvalue weighted by molar-refractivity contribution is 0.480. The third kappa shape index (κ3) is 3.44. The third-order valence-electron chi connectivity index (χ3n) is 4.02. The molecule has 0 amide bonds. The van der Waals surface area contributed by atoms with Gasteiger partial charge in [0.1, 0.15) is 11.3 Å². The van der Waals surface area contributed by atoms with E-state index in [0.717, 1.165) is 5.56 Å². The number of benzene rings is 2. The third-order valence-corrected chi connectivity index (χ3v) is 5.40. The first kappa shape index (κ1) is 17.2. The van der Waals surface area contributed by atoms with Crippen LogP contribution >= 0.6 is 0 Å². The summed E-state index contributed by atoms with van der Waals surface area (Å²) in [5.41, 5.74) is 1.74. The number of rotatable bonds is 3. The maximum absolute atomic E-state index is 12.7. The van der Waals surface area contributed by atoms with Crippen LogP contribution in [0.4, 0.5) is 5.69 Å². The van der Waals surface area contributed by atoms with Crippen molar-refractivity contribution in [2.45, 2.75) is 31.1 Å². The van der Waals surface area contributed by atoms with E-state index in [1.807, 2.05) is 12.1 Å². The number of nitrogens with one attached hydrogen (secondary N) is 1. The molecule has 25 heavy (non-hydrogen) atoms. The number of phenolic OH excluding ortho intramolecular Hbond substituents is 1. The molecule has 0 aliphatic rings. The van der Waals surface area contributed by atoms with Gasteiger partial charge in [0.05, 0.1) is 10.6 Å². The summed E-state index contributed by atoms with van der Waals surface area (Å²) in [5.74, 6) is 0.00748. The van der Waals surface area contributed by atoms with E-state index in [4.69, 9.17) is 0 Å². The minimum Gasteiger partial charge on any atom is -0.506 e. The zero-order valence-corrected chi connectivity index (χ0v) is 15.1. The van der Waals surface area contributed by atoms with Crippen molar-refractivity contribution >= 4 is 26.6 Å². The quantitative estimate of drug-likeness (QED) is 0.694. The van der Waals surface area contributed by atoms with Gasteiger partial charge in [-0.2, -0.15) is 0 Å². The van der Waals surface area contributed by atoms with Gasteiger partial charge in [-0.15, -0.1) is 0 Å². The lowest BCUT2D eigenvalue weighted by Gasteiger charge is -2.19. The zero-order chi connectivity index (χ0) is 18.2.